The lowest BCUT2D eigenvalue weighted by Crippen LogP contribution is -2.37. The van der Waals surface area contributed by atoms with E-state index in [1.54, 1.807) is 6.20 Å². The molecule has 0 aromatic carbocycles. The summed E-state index contributed by atoms with van der Waals surface area (Å²) in [6, 6.07) is 0. The highest BCUT2D eigenvalue weighted by molar-refractivity contribution is 14.0. The minimum absolute atomic E-state index is 0. The molecule has 0 bridgehead atoms. The number of aliphatic imine (C=N–C) groups is 1. The lowest BCUT2D eigenvalue weighted by Gasteiger charge is -2.13. The van der Waals surface area contributed by atoms with Crippen molar-refractivity contribution in [1.29, 1.82) is 0 Å². The molecule has 1 aliphatic rings. The molecule has 0 saturated carbocycles. The smallest absolute Gasteiger partial charge is 0.216 e. The van der Waals surface area contributed by atoms with Crippen molar-refractivity contribution in [2.24, 2.45) is 4.99 Å². The Morgan fingerprint density at radius 3 is 2.72 bits per heavy atom. The fraction of sp³-hybridized carbons (Fsp3) is 0.667. The van der Waals surface area contributed by atoms with Gasteiger partial charge in [-0.25, -0.2) is 15.0 Å². The number of aromatic nitrogens is 2. The zero-order valence-electron chi connectivity index (χ0n) is 18.0. The van der Waals surface area contributed by atoms with Crippen molar-refractivity contribution in [3.8, 4) is 0 Å². The van der Waals surface area contributed by atoms with Crippen LogP contribution >= 0.6 is 35.3 Å². The zero-order chi connectivity index (χ0) is 20.0. The van der Waals surface area contributed by atoms with Gasteiger partial charge in [-0.2, -0.15) is 0 Å². The first-order valence-electron chi connectivity index (χ1n) is 10.4. The van der Waals surface area contributed by atoms with Gasteiger partial charge in [-0.3, -0.25) is 0 Å². The highest BCUT2D eigenvalue weighted by Crippen LogP contribution is 2.27. The van der Waals surface area contributed by atoms with Gasteiger partial charge >= 0.3 is 0 Å². The van der Waals surface area contributed by atoms with E-state index in [0.29, 0.717) is 12.4 Å². The van der Waals surface area contributed by atoms with E-state index >= 15 is 0 Å². The number of nitrogens with one attached hydrogen (secondary N) is 2. The summed E-state index contributed by atoms with van der Waals surface area (Å²) in [7, 11) is 0. The summed E-state index contributed by atoms with van der Waals surface area (Å²) < 4.78 is 5.82. The van der Waals surface area contributed by atoms with Crippen LogP contribution in [0, 0.1) is 0 Å². The maximum absolute atomic E-state index is 5.82. The Morgan fingerprint density at radius 1 is 1.24 bits per heavy atom. The lowest BCUT2D eigenvalue weighted by atomic mass is 9.94. The second-order valence-electron chi connectivity index (χ2n) is 8.28. The van der Waals surface area contributed by atoms with Crippen LogP contribution in [0.3, 0.4) is 0 Å². The molecule has 2 heterocycles. The highest BCUT2D eigenvalue weighted by atomic mass is 127. The molecule has 0 spiro atoms. The van der Waals surface area contributed by atoms with E-state index in [1.165, 1.54) is 41.3 Å². The zero-order valence-corrected chi connectivity index (χ0v) is 21.2. The van der Waals surface area contributed by atoms with Crippen molar-refractivity contribution in [3.05, 3.63) is 33.4 Å². The van der Waals surface area contributed by atoms with Crippen molar-refractivity contribution < 1.29 is 4.42 Å². The average molecular weight is 532 g/mol. The standard InChI is InChI=1S/C21H33N5OS.HI/c1-5-22-20(25-14-18-24-13-17(27-18)21(2,3)4)23-12-8-11-19-26-15-9-6-7-10-16(15)28-19;/h13H,5-12,14H2,1-4H3,(H2,22,23,25);1H. The number of guanidine groups is 1. The Kier molecular flexibility index (Phi) is 9.39. The van der Waals surface area contributed by atoms with Gasteiger partial charge in [-0.1, -0.05) is 20.8 Å². The monoisotopic (exact) mass is 531 g/mol. The van der Waals surface area contributed by atoms with Crippen molar-refractivity contribution in [2.45, 2.75) is 78.2 Å². The third kappa shape index (κ3) is 7.24. The van der Waals surface area contributed by atoms with Gasteiger partial charge in [0.25, 0.3) is 0 Å². The van der Waals surface area contributed by atoms with Gasteiger partial charge in [0, 0.05) is 29.8 Å². The summed E-state index contributed by atoms with van der Waals surface area (Å²) in [5.74, 6) is 2.34. The average Bonchev–Trinajstić information content (AvgIpc) is 3.29. The second-order valence-corrected chi connectivity index (χ2v) is 9.45. The number of hydrogen-bond donors (Lipinski definition) is 2. The summed E-state index contributed by atoms with van der Waals surface area (Å²) in [6.07, 6.45) is 8.88. The Hall–Kier alpha value is -1.16. The first-order valence-corrected chi connectivity index (χ1v) is 11.2. The molecule has 2 N–H and O–H groups in total. The molecule has 2 aromatic heterocycles. The van der Waals surface area contributed by atoms with E-state index in [9.17, 15) is 0 Å². The first-order chi connectivity index (χ1) is 13.5. The maximum atomic E-state index is 5.82. The van der Waals surface area contributed by atoms with Crippen molar-refractivity contribution in [1.82, 2.24) is 20.6 Å². The second kappa shape index (κ2) is 11.3. The summed E-state index contributed by atoms with van der Waals surface area (Å²) in [5, 5.41) is 7.97. The van der Waals surface area contributed by atoms with Crippen LogP contribution in [-0.4, -0.2) is 29.0 Å². The molecule has 0 fully saturated rings. The fourth-order valence-corrected chi connectivity index (χ4v) is 4.38. The van der Waals surface area contributed by atoms with E-state index < -0.39 is 0 Å². The Morgan fingerprint density at radius 2 is 2.03 bits per heavy atom. The van der Waals surface area contributed by atoms with Crippen LogP contribution in [0.2, 0.25) is 0 Å². The Labute approximate surface area is 195 Å². The Balaban J connectivity index is 0.00000300. The van der Waals surface area contributed by atoms with Crippen LogP contribution in [0.5, 0.6) is 0 Å². The van der Waals surface area contributed by atoms with E-state index in [0.717, 1.165) is 37.7 Å². The highest BCUT2D eigenvalue weighted by Gasteiger charge is 2.19. The van der Waals surface area contributed by atoms with Gasteiger partial charge in [0.1, 0.15) is 12.3 Å². The van der Waals surface area contributed by atoms with Gasteiger partial charge in [-0.05, 0) is 39.0 Å². The first kappa shape index (κ1) is 24.1. The van der Waals surface area contributed by atoms with Gasteiger partial charge in [0.15, 0.2) is 5.96 Å². The van der Waals surface area contributed by atoms with Gasteiger partial charge in [-0.15, -0.1) is 35.3 Å². The number of fused-ring (bicyclic) bond motifs is 1. The molecular weight excluding hydrogens is 497 g/mol. The molecule has 0 saturated heterocycles. The summed E-state index contributed by atoms with van der Waals surface area (Å²) in [4.78, 5) is 15.3. The van der Waals surface area contributed by atoms with Gasteiger partial charge in [0.05, 0.1) is 16.9 Å². The number of halogens is 1. The van der Waals surface area contributed by atoms with Crippen LogP contribution in [-0.2, 0) is 31.2 Å². The molecule has 6 nitrogen and oxygen atoms in total. The van der Waals surface area contributed by atoms with Gasteiger partial charge in [0.2, 0.25) is 5.89 Å². The van der Waals surface area contributed by atoms with Crippen molar-refractivity contribution >= 4 is 41.3 Å². The van der Waals surface area contributed by atoms with Crippen molar-refractivity contribution in [2.75, 3.05) is 13.1 Å². The number of oxazole rings is 1. The predicted molar refractivity (Wildman–Crippen MR) is 131 cm³/mol. The Bertz CT molecular complexity index is 770. The minimum Gasteiger partial charge on any atom is -0.443 e. The van der Waals surface area contributed by atoms with Crippen LogP contribution in [0.1, 0.15) is 74.2 Å². The normalized spacial score (nSPS) is 14.3. The van der Waals surface area contributed by atoms with E-state index in [2.05, 4.69) is 48.3 Å². The van der Waals surface area contributed by atoms with Gasteiger partial charge < -0.3 is 15.1 Å². The summed E-state index contributed by atoms with van der Waals surface area (Å²) in [5.41, 5.74) is 1.32. The topological polar surface area (TPSA) is 75.3 Å². The quantitative estimate of drug-likeness (QED) is 0.236. The molecule has 29 heavy (non-hydrogen) atoms. The molecular formula is C21H34IN5OS. The SMILES string of the molecule is CCNC(=NCc1ncc(C(C)(C)C)o1)NCCCc1nc2c(s1)CCCC2.I. The molecule has 0 amide bonds. The molecule has 2 aromatic rings. The number of nitrogens with zero attached hydrogens (tertiary/aromatic N) is 3. The maximum Gasteiger partial charge on any atom is 0.216 e. The van der Waals surface area contributed by atoms with E-state index in [-0.39, 0.29) is 29.4 Å². The van der Waals surface area contributed by atoms with Crippen molar-refractivity contribution in [3.63, 3.8) is 0 Å². The number of rotatable bonds is 7. The predicted octanol–water partition coefficient (Wildman–Crippen LogP) is 4.61. The molecule has 0 unspecified atom stereocenters. The molecule has 0 aliphatic heterocycles. The molecule has 0 radical (unpaired) electrons. The number of aryl methyl sites for hydroxylation is 3. The number of thiazole rings is 1. The molecule has 8 heteroatoms. The minimum atomic E-state index is -0.0350. The summed E-state index contributed by atoms with van der Waals surface area (Å²) in [6.45, 7) is 10.5. The summed E-state index contributed by atoms with van der Waals surface area (Å²) >= 11 is 1.91. The largest absolute Gasteiger partial charge is 0.443 e. The third-order valence-electron chi connectivity index (χ3n) is 4.76. The molecule has 1 aliphatic carbocycles. The van der Waals surface area contributed by atoms with Crippen LogP contribution in [0.4, 0.5) is 0 Å². The fourth-order valence-electron chi connectivity index (χ4n) is 3.18. The molecule has 3 rings (SSSR count). The molecule has 162 valence electrons. The lowest BCUT2D eigenvalue weighted by molar-refractivity contribution is 0.383. The van der Waals surface area contributed by atoms with Crippen LogP contribution in [0.15, 0.2) is 15.6 Å². The number of hydrogen-bond acceptors (Lipinski definition) is 5. The molecule has 0 atom stereocenters. The van der Waals surface area contributed by atoms with E-state index in [1.807, 2.05) is 11.3 Å². The third-order valence-corrected chi connectivity index (χ3v) is 5.98. The van der Waals surface area contributed by atoms with Crippen LogP contribution < -0.4 is 10.6 Å². The van der Waals surface area contributed by atoms with E-state index in [4.69, 9.17) is 9.40 Å². The van der Waals surface area contributed by atoms with Crippen LogP contribution in [0.25, 0.3) is 0 Å².